The van der Waals surface area contributed by atoms with E-state index >= 15 is 0 Å². The topological polar surface area (TPSA) is 174 Å². The largest absolute Gasteiger partial charge is 0.396 e. The predicted octanol–water partition coefficient (Wildman–Crippen LogP) is 5.01. The van der Waals surface area contributed by atoms with E-state index in [1.54, 1.807) is 77.2 Å². The molecule has 4 amide bonds. The zero-order chi connectivity index (χ0) is 38.7. The second-order valence-corrected chi connectivity index (χ2v) is 16.1. The Morgan fingerprint density at radius 1 is 0.945 bits per heavy atom. The van der Waals surface area contributed by atoms with Crippen LogP contribution in [0.4, 0.5) is 11.6 Å². The molecule has 2 aromatic carbocycles. The molecule has 2 aliphatic carbocycles. The fourth-order valence-electron chi connectivity index (χ4n) is 7.75. The molecule has 4 aliphatic rings. The fourth-order valence-corrected chi connectivity index (χ4v) is 8.27. The Kier molecular flexibility index (Phi) is 9.19. The van der Waals surface area contributed by atoms with E-state index in [0.717, 1.165) is 18.4 Å². The number of carbonyl (C=O) groups is 4. The van der Waals surface area contributed by atoms with Crippen molar-refractivity contribution in [3.05, 3.63) is 105 Å². The number of benzene rings is 2. The van der Waals surface area contributed by atoms with Crippen LogP contribution >= 0.6 is 23.2 Å². The minimum atomic E-state index is -1.34. The first-order chi connectivity index (χ1) is 26.4. The highest BCUT2D eigenvalue weighted by atomic mass is 35.5. The number of nitriles is 1. The van der Waals surface area contributed by atoms with E-state index in [1.165, 1.54) is 11.1 Å². The molecule has 0 spiro atoms. The van der Waals surface area contributed by atoms with E-state index in [0.29, 0.717) is 71.3 Å². The van der Waals surface area contributed by atoms with Gasteiger partial charge < -0.3 is 20.6 Å². The number of hydrogen-bond donors (Lipinski definition) is 3. The third-order valence-corrected chi connectivity index (χ3v) is 11.8. The molecule has 0 radical (unpaired) electrons. The van der Waals surface area contributed by atoms with Gasteiger partial charge in [0.25, 0.3) is 17.7 Å². The summed E-state index contributed by atoms with van der Waals surface area (Å²) in [4.78, 5) is 68.0. The maximum Gasteiger partial charge on any atom is 0.270 e. The number of amides is 4. The number of fused-ring (bicyclic) bond motifs is 1. The van der Waals surface area contributed by atoms with Gasteiger partial charge in [0.15, 0.2) is 0 Å². The number of nitrogens with zero attached hydrogens (tertiary/aromatic N) is 6. The van der Waals surface area contributed by atoms with Crippen LogP contribution in [0.3, 0.4) is 0 Å². The highest BCUT2D eigenvalue weighted by Gasteiger charge is 2.57. The summed E-state index contributed by atoms with van der Waals surface area (Å²) in [5.74, 6) is -0.959. The molecule has 4 heterocycles. The van der Waals surface area contributed by atoms with E-state index in [-0.39, 0.29) is 48.3 Å². The molecule has 4 aromatic rings. The van der Waals surface area contributed by atoms with Crippen LogP contribution in [0, 0.1) is 17.2 Å². The Labute approximate surface area is 327 Å². The second-order valence-electron chi connectivity index (χ2n) is 15.2. The van der Waals surface area contributed by atoms with Crippen LogP contribution in [0.5, 0.6) is 0 Å². The van der Waals surface area contributed by atoms with Gasteiger partial charge in [-0.05, 0) is 99.4 Å². The molecule has 2 aliphatic heterocycles. The zero-order valence-corrected chi connectivity index (χ0v) is 31.5. The molecule has 13 nitrogen and oxygen atoms in total. The zero-order valence-electron chi connectivity index (χ0n) is 30.0. The number of piperidine rings is 1. The maximum absolute atomic E-state index is 14.4. The molecule has 1 saturated heterocycles. The summed E-state index contributed by atoms with van der Waals surface area (Å²) in [6, 6.07) is 17.2. The lowest BCUT2D eigenvalue weighted by atomic mass is 9.91. The number of anilines is 2. The highest BCUT2D eigenvalue weighted by Crippen LogP contribution is 2.48. The van der Waals surface area contributed by atoms with Crippen LogP contribution in [-0.2, 0) is 27.1 Å². The van der Waals surface area contributed by atoms with Crippen molar-refractivity contribution >= 4 is 58.5 Å². The lowest BCUT2D eigenvalue weighted by molar-refractivity contribution is -0.125. The maximum atomic E-state index is 14.4. The summed E-state index contributed by atoms with van der Waals surface area (Å²) < 4.78 is 1.59. The van der Waals surface area contributed by atoms with Crippen molar-refractivity contribution in [2.24, 2.45) is 5.92 Å². The number of nitrogens with one attached hydrogen (secondary N) is 2. The summed E-state index contributed by atoms with van der Waals surface area (Å²) in [7, 11) is 0. The molecular formula is C40H38Cl2N8O5. The standard InChI is InChI=1S/C40H38Cl2N8O5/c1-38(19-24-2-4-25(20-43)5-3-24)36(55)49(30-17-28(41)16-29(42)18-30)37-45-22-31(50(37)38)33(52)46-40(12-13-40)35(54)47-39(10-11-39)32-7-6-27(21-44-32)34(53)48-14-8-26(23-51)9-15-48/h2-7,16-18,21-22,26,51H,8-15,19,23H2,1H3,(H,46,52)(H,47,54)/t38-/m1/s1. The number of rotatable bonds is 10. The van der Waals surface area contributed by atoms with Gasteiger partial charge >= 0.3 is 0 Å². The van der Waals surface area contributed by atoms with Gasteiger partial charge in [0.05, 0.1) is 40.3 Å². The van der Waals surface area contributed by atoms with Crippen LogP contribution in [0.2, 0.25) is 10.0 Å². The van der Waals surface area contributed by atoms with Gasteiger partial charge in [0.2, 0.25) is 11.9 Å². The third-order valence-electron chi connectivity index (χ3n) is 11.4. The second kappa shape index (κ2) is 13.8. The molecular weight excluding hydrogens is 743 g/mol. The van der Waals surface area contributed by atoms with Crippen molar-refractivity contribution in [2.45, 2.75) is 68.5 Å². The lowest BCUT2D eigenvalue weighted by Gasteiger charge is -2.31. The van der Waals surface area contributed by atoms with Crippen molar-refractivity contribution < 1.29 is 24.3 Å². The van der Waals surface area contributed by atoms with E-state index in [9.17, 15) is 29.5 Å². The number of halogens is 2. The Bertz CT molecular complexity index is 2230. The molecule has 8 rings (SSSR count). The number of hydrogen-bond acceptors (Lipinski definition) is 8. The van der Waals surface area contributed by atoms with E-state index < -0.39 is 22.5 Å². The number of likely N-dealkylation sites (tertiary alicyclic amines) is 1. The van der Waals surface area contributed by atoms with Crippen LogP contribution in [0.1, 0.15) is 83.1 Å². The minimum absolute atomic E-state index is 0.0952. The molecule has 55 heavy (non-hydrogen) atoms. The fraction of sp³-hybridized carbons (Fsp3) is 0.375. The van der Waals surface area contributed by atoms with Gasteiger partial charge in [-0.3, -0.25) is 28.7 Å². The monoisotopic (exact) mass is 780 g/mol. The van der Waals surface area contributed by atoms with Crippen LogP contribution < -0.4 is 15.5 Å². The normalized spacial score (nSPS) is 20.7. The molecule has 282 valence electrons. The van der Waals surface area contributed by atoms with Gasteiger partial charge in [-0.1, -0.05) is 35.3 Å². The average molecular weight is 782 g/mol. The first-order valence-electron chi connectivity index (χ1n) is 18.3. The number of aromatic nitrogens is 3. The van der Waals surface area contributed by atoms with Gasteiger partial charge in [0.1, 0.15) is 16.8 Å². The number of aliphatic hydroxyl groups excluding tert-OH is 1. The quantitative estimate of drug-likeness (QED) is 0.202. The van der Waals surface area contributed by atoms with Crippen LogP contribution in [0.25, 0.3) is 0 Å². The van der Waals surface area contributed by atoms with Crippen molar-refractivity contribution in [1.29, 1.82) is 5.26 Å². The average Bonchev–Trinajstić information content (AvgIpc) is 4.09. The number of pyridine rings is 1. The summed E-state index contributed by atoms with van der Waals surface area (Å²) in [6.45, 7) is 3.03. The number of carbonyl (C=O) groups excluding carboxylic acids is 4. The van der Waals surface area contributed by atoms with Crippen molar-refractivity contribution in [1.82, 2.24) is 30.1 Å². The smallest absolute Gasteiger partial charge is 0.270 e. The number of aliphatic hydroxyl groups is 1. The van der Waals surface area contributed by atoms with Crippen LogP contribution in [0.15, 0.2) is 67.0 Å². The van der Waals surface area contributed by atoms with Crippen molar-refractivity contribution in [2.75, 3.05) is 24.6 Å². The van der Waals surface area contributed by atoms with E-state index in [1.807, 2.05) is 0 Å². The SMILES string of the molecule is C[C@@]1(Cc2ccc(C#N)cc2)C(=O)N(c2cc(Cl)cc(Cl)c2)c2ncc(C(=O)NC3(C(=O)NC4(c5ccc(C(=O)N6CCC(CO)CC6)cn5)CC4)CC3)n21. The van der Waals surface area contributed by atoms with Gasteiger partial charge in [0, 0.05) is 42.4 Å². The van der Waals surface area contributed by atoms with Crippen LogP contribution in [-0.4, -0.2) is 73.4 Å². The Balaban J connectivity index is 1.02. The first kappa shape index (κ1) is 36.7. The van der Waals surface area contributed by atoms with Crippen molar-refractivity contribution in [3.63, 3.8) is 0 Å². The van der Waals surface area contributed by atoms with E-state index in [2.05, 4.69) is 26.7 Å². The Hall–Kier alpha value is -5.29. The van der Waals surface area contributed by atoms with Crippen molar-refractivity contribution in [3.8, 4) is 6.07 Å². The Morgan fingerprint density at radius 2 is 1.64 bits per heavy atom. The number of imidazole rings is 1. The van der Waals surface area contributed by atoms with Gasteiger partial charge in [-0.25, -0.2) is 9.88 Å². The first-order valence-corrected chi connectivity index (χ1v) is 19.0. The molecule has 0 unspecified atom stereocenters. The van der Waals surface area contributed by atoms with Gasteiger partial charge in [-0.2, -0.15) is 5.26 Å². The summed E-state index contributed by atoms with van der Waals surface area (Å²) >= 11 is 12.7. The third kappa shape index (κ3) is 6.62. The highest BCUT2D eigenvalue weighted by molar-refractivity contribution is 6.35. The lowest BCUT2D eigenvalue weighted by Crippen LogP contribution is -2.52. The predicted molar refractivity (Wildman–Crippen MR) is 203 cm³/mol. The van der Waals surface area contributed by atoms with Gasteiger partial charge in [-0.15, -0.1) is 0 Å². The molecule has 1 atom stereocenters. The molecule has 2 saturated carbocycles. The minimum Gasteiger partial charge on any atom is -0.396 e. The van der Waals surface area contributed by atoms with E-state index in [4.69, 9.17) is 23.2 Å². The molecule has 15 heteroatoms. The molecule has 0 bridgehead atoms. The summed E-state index contributed by atoms with van der Waals surface area (Å²) in [5.41, 5.74) is -0.396. The molecule has 3 fully saturated rings. The molecule has 2 aromatic heterocycles. The summed E-state index contributed by atoms with van der Waals surface area (Å²) in [6.07, 6.45) is 6.79. The molecule has 3 N–H and O–H groups in total. The summed E-state index contributed by atoms with van der Waals surface area (Å²) in [5, 5.41) is 25.5. The Morgan fingerprint density at radius 3 is 2.22 bits per heavy atom.